The number of unbranched alkanes of at least 4 members (excludes halogenated alkanes) is 29. The molecule has 4 unspecified atom stereocenters. The SMILES string of the molecule is CCCCCC/C=C\C=C/CCCCCCCC(=O)O[C@H](COC(=O)CCCCCCCCCCCCC(C)CC)COP(=O)(O)OC[C@@H](O)COP(=O)(O)OC[C@@H](COC(=O)CCCCCCCCC(C)CC)OC(=O)CCCCCCCCCC(C)C. The van der Waals surface area contributed by atoms with Crippen LogP contribution in [0.4, 0.5) is 0 Å². The van der Waals surface area contributed by atoms with Gasteiger partial charge >= 0.3 is 39.5 Å². The molecule has 0 heterocycles. The van der Waals surface area contributed by atoms with Gasteiger partial charge in [-0.25, -0.2) is 9.13 Å². The predicted octanol–water partition coefficient (Wildman–Crippen LogP) is 19.4. The van der Waals surface area contributed by atoms with Crippen molar-refractivity contribution in [1.29, 1.82) is 0 Å². The minimum atomic E-state index is -4.96. The molecule has 0 aliphatic rings. The van der Waals surface area contributed by atoms with Crippen molar-refractivity contribution in [2.24, 2.45) is 17.8 Å². The topological polar surface area (TPSA) is 237 Å². The Hall–Kier alpha value is -2.46. The third kappa shape index (κ3) is 61.5. The van der Waals surface area contributed by atoms with Gasteiger partial charge in [0.15, 0.2) is 12.2 Å². The summed E-state index contributed by atoms with van der Waals surface area (Å²) in [5.74, 6) is 0.0695. The first-order chi connectivity index (χ1) is 42.8. The standard InChI is InChI=1S/C70H132O17P2/c1-8-11-12-13-14-15-16-17-18-19-20-25-30-39-46-53-69(74)86-65(57-80-67(72)51-44-37-29-24-22-21-23-28-35-42-49-62(6)9-2)59-84-88(76,77)82-55-64(71)56-83-89(78,79)85-60-66(87-70(75)54-47-40-31-26-27-34-41-48-61(4)5)58-81-68(73)52-45-38-33-32-36-43-50-63(7)10-3/h15-18,61-66,71H,8-14,19-60H2,1-7H3,(H,76,77)(H,78,79)/b16-15-,18-17-/t62?,63?,64-,65-,66-/m1/s1. The van der Waals surface area contributed by atoms with Gasteiger partial charge in [-0.15, -0.1) is 0 Å². The zero-order valence-electron chi connectivity index (χ0n) is 57.4. The fourth-order valence-electron chi connectivity index (χ4n) is 9.94. The van der Waals surface area contributed by atoms with Crippen molar-refractivity contribution >= 4 is 39.5 Å². The number of hydrogen-bond acceptors (Lipinski definition) is 15. The Morgan fingerprint density at radius 1 is 0.371 bits per heavy atom. The second kappa shape index (κ2) is 60.5. The zero-order chi connectivity index (χ0) is 65.9. The summed E-state index contributed by atoms with van der Waals surface area (Å²) in [6.07, 6.45) is 46.7. The maximum atomic E-state index is 13.0. The highest BCUT2D eigenvalue weighted by Crippen LogP contribution is 2.45. The Bertz CT molecular complexity index is 1850. The summed E-state index contributed by atoms with van der Waals surface area (Å²) in [6.45, 7) is 11.7. The van der Waals surface area contributed by atoms with Gasteiger partial charge < -0.3 is 33.8 Å². The van der Waals surface area contributed by atoms with E-state index in [1.807, 2.05) is 0 Å². The first-order valence-electron chi connectivity index (χ1n) is 35.7. The molecule has 524 valence electrons. The molecule has 0 saturated carbocycles. The third-order valence-corrected chi connectivity index (χ3v) is 18.1. The molecule has 3 N–H and O–H groups in total. The van der Waals surface area contributed by atoms with Crippen molar-refractivity contribution in [2.75, 3.05) is 39.6 Å². The van der Waals surface area contributed by atoms with E-state index in [0.29, 0.717) is 31.6 Å². The van der Waals surface area contributed by atoms with E-state index >= 15 is 0 Å². The van der Waals surface area contributed by atoms with Crippen LogP contribution in [-0.4, -0.2) is 96.7 Å². The number of rotatable bonds is 66. The molecule has 0 saturated heterocycles. The van der Waals surface area contributed by atoms with Crippen molar-refractivity contribution in [3.05, 3.63) is 24.3 Å². The van der Waals surface area contributed by atoms with E-state index in [-0.39, 0.29) is 25.7 Å². The zero-order valence-corrected chi connectivity index (χ0v) is 59.2. The molecule has 0 amide bonds. The van der Waals surface area contributed by atoms with Crippen LogP contribution in [0.3, 0.4) is 0 Å². The lowest BCUT2D eigenvalue weighted by Crippen LogP contribution is -2.30. The van der Waals surface area contributed by atoms with Crippen LogP contribution in [0.2, 0.25) is 0 Å². The highest BCUT2D eigenvalue weighted by molar-refractivity contribution is 7.47. The largest absolute Gasteiger partial charge is 0.472 e. The highest BCUT2D eigenvalue weighted by atomic mass is 31.2. The van der Waals surface area contributed by atoms with Gasteiger partial charge in [0, 0.05) is 25.7 Å². The van der Waals surface area contributed by atoms with E-state index < -0.39 is 97.5 Å². The molecular formula is C70H132O17P2. The van der Waals surface area contributed by atoms with Crippen LogP contribution in [0.25, 0.3) is 0 Å². The highest BCUT2D eigenvalue weighted by Gasteiger charge is 2.30. The lowest BCUT2D eigenvalue weighted by Gasteiger charge is -2.21. The molecule has 0 aromatic heterocycles. The first-order valence-corrected chi connectivity index (χ1v) is 38.7. The molecule has 0 aromatic carbocycles. The summed E-state index contributed by atoms with van der Waals surface area (Å²) in [4.78, 5) is 72.5. The van der Waals surface area contributed by atoms with E-state index in [1.165, 1.54) is 116 Å². The summed E-state index contributed by atoms with van der Waals surface area (Å²) in [6, 6.07) is 0. The van der Waals surface area contributed by atoms with Gasteiger partial charge in [0.1, 0.15) is 19.3 Å². The Kier molecular flexibility index (Phi) is 58.8. The minimum absolute atomic E-state index is 0.0842. The normalized spacial score (nSPS) is 15.0. The van der Waals surface area contributed by atoms with E-state index in [9.17, 15) is 43.2 Å². The molecule has 0 rings (SSSR count). The average molecular weight is 1310 g/mol. The Morgan fingerprint density at radius 2 is 0.663 bits per heavy atom. The number of aliphatic hydroxyl groups excluding tert-OH is 1. The quantitative estimate of drug-likeness (QED) is 0.0169. The molecule has 0 fully saturated rings. The molecule has 0 spiro atoms. The molecule has 7 atom stereocenters. The van der Waals surface area contributed by atoms with Gasteiger partial charge in [-0.3, -0.25) is 37.3 Å². The summed E-state index contributed by atoms with van der Waals surface area (Å²) in [7, 11) is -9.91. The van der Waals surface area contributed by atoms with Gasteiger partial charge in [-0.2, -0.15) is 0 Å². The number of phosphoric acid groups is 2. The van der Waals surface area contributed by atoms with Gasteiger partial charge in [-0.05, 0) is 69.1 Å². The number of hydrogen-bond donors (Lipinski definition) is 3. The molecule has 0 aromatic rings. The molecule has 89 heavy (non-hydrogen) atoms. The first kappa shape index (κ1) is 86.5. The van der Waals surface area contributed by atoms with E-state index in [4.69, 9.17) is 37.0 Å². The lowest BCUT2D eigenvalue weighted by atomic mass is 9.99. The van der Waals surface area contributed by atoms with Crippen molar-refractivity contribution in [3.63, 3.8) is 0 Å². The molecule has 0 aliphatic carbocycles. The molecule has 0 aliphatic heterocycles. The summed E-state index contributed by atoms with van der Waals surface area (Å²) >= 11 is 0. The van der Waals surface area contributed by atoms with Crippen LogP contribution in [0.1, 0.15) is 325 Å². The van der Waals surface area contributed by atoms with Gasteiger partial charge in [0.05, 0.1) is 26.4 Å². The second-order valence-electron chi connectivity index (χ2n) is 25.5. The average Bonchev–Trinajstić information content (AvgIpc) is 3.72. The van der Waals surface area contributed by atoms with E-state index in [1.54, 1.807) is 0 Å². The van der Waals surface area contributed by atoms with Crippen LogP contribution in [0.5, 0.6) is 0 Å². The smallest absolute Gasteiger partial charge is 0.462 e. The molecule has 0 radical (unpaired) electrons. The van der Waals surface area contributed by atoms with E-state index in [0.717, 1.165) is 121 Å². The van der Waals surface area contributed by atoms with Crippen molar-refractivity contribution in [1.82, 2.24) is 0 Å². The summed E-state index contributed by atoms with van der Waals surface area (Å²) in [5.41, 5.74) is 0. The van der Waals surface area contributed by atoms with Crippen LogP contribution < -0.4 is 0 Å². The Labute approximate surface area is 542 Å². The molecule has 19 heteroatoms. The van der Waals surface area contributed by atoms with Crippen LogP contribution >= 0.6 is 15.6 Å². The lowest BCUT2D eigenvalue weighted by molar-refractivity contribution is -0.161. The molecule has 17 nitrogen and oxygen atoms in total. The Morgan fingerprint density at radius 3 is 1.00 bits per heavy atom. The maximum absolute atomic E-state index is 13.0. The van der Waals surface area contributed by atoms with Crippen molar-refractivity contribution in [3.8, 4) is 0 Å². The number of carbonyl (C=O) groups is 4. The number of carbonyl (C=O) groups excluding carboxylic acids is 4. The summed E-state index contributed by atoms with van der Waals surface area (Å²) in [5, 5.41) is 10.6. The van der Waals surface area contributed by atoms with E-state index in [2.05, 4.69) is 72.8 Å². The number of aliphatic hydroxyl groups is 1. The molecular weight excluding hydrogens is 1170 g/mol. The van der Waals surface area contributed by atoms with Gasteiger partial charge in [0.2, 0.25) is 0 Å². The van der Waals surface area contributed by atoms with Crippen molar-refractivity contribution in [2.45, 2.75) is 343 Å². The fourth-order valence-corrected chi connectivity index (χ4v) is 11.5. The second-order valence-corrected chi connectivity index (χ2v) is 28.5. The van der Waals surface area contributed by atoms with Crippen LogP contribution in [-0.2, 0) is 65.4 Å². The summed E-state index contributed by atoms with van der Waals surface area (Å²) < 4.78 is 68.2. The van der Waals surface area contributed by atoms with Gasteiger partial charge in [-0.1, -0.05) is 272 Å². The third-order valence-electron chi connectivity index (χ3n) is 16.2. The monoisotopic (exact) mass is 1310 g/mol. The minimum Gasteiger partial charge on any atom is -0.462 e. The maximum Gasteiger partial charge on any atom is 0.472 e. The molecule has 0 bridgehead atoms. The Balaban J connectivity index is 5.30. The van der Waals surface area contributed by atoms with Gasteiger partial charge in [0.25, 0.3) is 0 Å². The van der Waals surface area contributed by atoms with Crippen LogP contribution in [0, 0.1) is 17.8 Å². The number of ether oxygens (including phenoxy) is 4. The van der Waals surface area contributed by atoms with Crippen LogP contribution in [0.15, 0.2) is 24.3 Å². The fraction of sp³-hybridized carbons (Fsp3) is 0.886. The van der Waals surface area contributed by atoms with Crippen molar-refractivity contribution < 1.29 is 80.2 Å². The number of esters is 4. The number of allylic oxidation sites excluding steroid dienone is 4. The number of phosphoric ester groups is 2. The predicted molar refractivity (Wildman–Crippen MR) is 358 cm³/mol.